The van der Waals surface area contributed by atoms with E-state index in [1.165, 1.54) is 18.4 Å². The zero-order valence-electron chi connectivity index (χ0n) is 10.0. The third kappa shape index (κ3) is 2.45. The predicted molar refractivity (Wildman–Crippen MR) is 66.7 cm³/mol. The summed E-state index contributed by atoms with van der Waals surface area (Å²) in [6.07, 6.45) is 3.58. The first-order valence-electron chi connectivity index (χ1n) is 6.13. The average molecular weight is 219 g/mol. The fourth-order valence-electron chi connectivity index (χ4n) is 2.68. The third-order valence-corrected chi connectivity index (χ3v) is 3.73. The zero-order chi connectivity index (χ0) is 11.3. The molecule has 0 atom stereocenters. The molecular formula is C14H21NO. The first-order chi connectivity index (χ1) is 7.87. The standard InChI is InChI=1S/C14H21NO/c1-16-12-9-14(7-10-15-11-8-14)13-5-3-2-4-6-13/h2-6,15H,7-12H2,1H3. The Morgan fingerprint density at radius 2 is 1.88 bits per heavy atom. The van der Waals surface area contributed by atoms with Crippen molar-refractivity contribution in [3.8, 4) is 0 Å². The van der Waals surface area contributed by atoms with E-state index in [2.05, 4.69) is 35.6 Å². The maximum atomic E-state index is 5.27. The fourth-order valence-corrected chi connectivity index (χ4v) is 2.68. The largest absolute Gasteiger partial charge is 0.385 e. The number of rotatable bonds is 4. The topological polar surface area (TPSA) is 21.3 Å². The maximum absolute atomic E-state index is 5.27. The van der Waals surface area contributed by atoms with Gasteiger partial charge < -0.3 is 10.1 Å². The van der Waals surface area contributed by atoms with Gasteiger partial charge in [-0.15, -0.1) is 0 Å². The van der Waals surface area contributed by atoms with Gasteiger partial charge in [0.2, 0.25) is 0 Å². The molecule has 1 aliphatic rings. The Kier molecular flexibility index (Phi) is 3.97. The molecule has 0 saturated carbocycles. The van der Waals surface area contributed by atoms with Gasteiger partial charge in [0.1, 0.15) is 0 Å². The van der Waals surface area contributed by atoms with Crippen LogP contribution >= 0.6 is 0 Å². The van der Waals surface area contributed by atoms with Crippen molar-refractivity contribution in [2.45, 2.75) is 24.7 Å². The van der Waals surface area contributed by atoms with Gasteiger partial charge >= 0.3 is 0 Å². The monoisotopic (exact) mass is 219 g/mol. The van der Waals surface area contributed by atoms with E-state index in [1.807, 2.05) is 0 Å². The van der Waals surface area contributed by atoms with E-state index >= 15 is 0 Å². The van der Waals surface area contributed by atoms with Gasteiger partial charge in [0.05, 0.1) is 0 Å². The summed E-state index contributed by atoms with van der Waals surface area (Å²) in [5.41, 5.74) is 1.82. The van der Waals surface area contributed by atoms with Crippen LogP contribution in [-0.4, -0.2) is 26.8 Å². The highest BCUT2D eigenvalue weighted by atomic mass is 16.5. The molecule has 1 fully saturated rings. The van der Waals surface area contributed by atoms with E-state index in [-0.39, 0.29) is 0 Å². The van der Waals surface area contributed by atoms with E-state index in [4.69, 9.17) is 4.74 Å². The number of ether oxygens (including phenoxy) is 1. The van der Waals surface area contributed by atoms with Crippen molar-refractivity contribution in [3.63, 3.8) is 0 Å². The lowest BCUT2D eigenvalue weighted by Gasteiger charge is -2.38. The highest BCUT2D eigenvalue weighted by Crippen LogP contribution is 2.36. The molecule has 0 radical (unpaired) electrons. The summed E-state index contributed by atoms with van der Waals surface area (Å²) in [5.74, 6) is 0. The summed E-state index contributed by atoms with van der Waals surface area (Å²) in [4.78, 5) is 0. The molecule has 1 aliphatic heterocycles. The van der Waals surface area contributed by atoms with Gasteiger partial charge in [-0.3, -0.25) is 0 Å². The van der Waals surface area contributed by atoms with E-state index in [0.29, 0.717) is 5.41 Å². The van der Waals surface area contributed by atoms with Crippen LogP contribution in [-0.2, 0) is 10.2 Å². The van der Waals surface area contributed by atoms with Crippen LogP contribution in [0.3, 0.4) is 0 Å². The number of benzene rings is 1. The summed E-state index contributed by atoms with van der Waals surface area (Å²) < 4.78 is 5.27. The second-order valence-corrected chi connectivity index (χ2v) is 4.64. The lowest BCUT2D eigenvalue weighted by Crippen LogP contribution is -2.40. The van der Waals surface area contributed by atoms with Gasteiger partial charge in [0.25, 0.3) is 0 Å². The van der Waals surface area contributed by atoms with Crippen LogP contribution in [0, 0.1) is 0 Å². The second-order valence-electron chi connectivity index (χ2n) is 4.64. The molecule has 0 spiro atoms. The summed E-state index contributed by atoms with van der Waals surface area (Å²) >= 11 is 0. The molecule has 0 aliphatic carbocycles. The molecule has 0 aromatic heterocycles. The summed E-state index contributed by atoms with van der Waals surface area (Å²) in [5, 5.41) is 3.44. The Hall–Kier alpha value is -0.860. The Balaban J connectivity index is 2.19. The van der Waals surface area contributed by atoms with Gasteiger partial charge in [-0.1, -0.05) is 30.3 Å². The van der Waals surface area contributed by atoms with Crippen molar-refractivity contribution >= 4 is 0 Å². The minimum Gasteiger partial charge on any atom is -0.385 e. The number of nitrogens with one attached hydrogen (secondary N) is 1. The number of hydrogen-bond donors (Lipinski definition) is 1. The number of methoxy groups -OCH3 is 1. The molecule has 2 nitrogen and oxygen atoms in total. The highest BCUT2D eigenvalue weighted by molar-refractivity contribution is 5.26. The molecule has 88 valence electrons. The average Bonchev–Trinajstić information content (AvgIpc) is 2.38. The van der Waals surface area contributed by atoms with Gasteiger partial charge in [-0.25, -0.2) is 0 Å². The molecule has 1 saturated heterocycles. The first kappa shape index (κ1) is 11.6. The van der Waals surface area contributed by atoms with Crippen LogP contribution in [0.2, 0.25) is 0 Å². The maximum Gasteiger partial charge on any atom is 0.0470 e. The molecule has 1 aromatic rings. The van der Waals surface area contributed by atoms with Gasteiger partial charge in [-0.2, -0.15) is 0 Å². The lowest BCUT2D eigenvalue weighted by molar-refractivity contribution is 0.151. The number of hydrogen-bond acceptors (Lipinski definition) is 2. The quantitative estimate of drug-likeness (QED) is 0.839. The molecule has 1 N–H and O–H groups in total. The Morgan fingerprint density at radius 1 is 1.19 bits per heavy atom. The molecule has 2 heteroatoms. The predicted octanol–water partition coefficient (Wildman–Crippen LogP) is 2.34. The van der Waals surface area contributed by atoms with Gasteiger partial charge in [0.15, 0.2) is 0 Å². The Bertz CT molecular complexity index is 304. The smallest absolute Gasteiger partial charge is 0.0470 e. The van der Waals surface area contributed by atoms with Crippen LogP contribution in [0.4, 0.5) is 0 Å². The molecular weight excluding hydrogens is 198 g/mol. The van der Waals surface area contributed by atoms with Crippen molar-refractivity contribution < 1.29 is 4.74 Å². The summed E-state index contributed by atoms with van der Waals surface area (Å²) in [6, 6.07) is 10.9. The van der Waals surface area contributed by atoms with Crippen LogP contribution in [0.15, 0.2) is 30.3 Å². The van der Waals surface area contributed by atoms with Crippen molar-refractivity contribution in [2.75, 3.05) is 26.8 Å². The Morgan fingerprint density at radius 3 is 2.50 bits per heavy atom. The van der Waals surface area contributed by atoms with Crippen LogP contribution in [0.1, 0.15) is 24.8 Å². The van der Waals surface area contributed by atoms with Crippen LogP contribution in [0.5, 0.6) is 0 Å². The minimum absolute atomic E-state index is 0.336. The first-order valence-corrected chi connectivity index (χ1v) is 6.13. The second kappa shape index (κ2) is 5.46. The minimum atomic E-state index is 0.336. The normalized spacial score (nSPS) is 19.6. The van der Waals surface area contributed by atoms with E-state index in [9.17, 15) is 0 Å². The van der Waals surface area contributed by atoms with Gasteiger partial charge in [-0.05, 0) is 43.3 Å². The molecule has 0 bridgehead atoms. The molecule has 16 heavy (non-hydrogen) atoms. The van der Waals surface area contributed by atoms with Crippen LogP contribution < -0.4 is 5.32 Å². The van der Waals surface area contributed by atoms with E-state index < -0.39 is 0 Å². The van der Waals surface area contributed by atoms with E-state index in [0.717, 1.165) is 26.1 Å². The fraction of sp³-hybridized carbons (Fsp3) is 0.571. The Labute approximate surface area is 98.0 Å². The van der Waals surface area contributed by atoms with Crippen molar-refractivity contribution in [3.05, 3.63) is 35.9 Å². The van der Waals surface area contributed by atoms with Crippen molar-refractivity contribution in [2.24, 2.45) is 0 Å². The molecule has 0 amide bonds. The van der Waals surface area contributed by atoms with Crippen molar-refractivity contribution in [1.82, 2.24) is 5.32 Å². The summed E-state index contributed by atoms with van der Waals surface area (Å²) in [6.45, 7) is 3.10. The molecule has 1 aromatic carbocycles. The van der Waals surface area contributed by atoms with E-state index in [1.54, 1.807) is 7.11 Å². The summed E-state index contributed by atoms with van der Waals surface area (Å²) in [7, 11) is 1.79. The zero-order valence-corrected chi connectivity index (χ0v) is 10.0. The van der Waals surface area contributed by atoms with Crippen LogP contribution in [0.25, 0.3) is 0 Å². The molecule has 2 rings (SSSR count). The number of piperidine rings is 1. The molecule has 1 heterocycles. The highest BCUT2D eigenvalue weighted by Gasteiger charge is 2.33. The van der Waals surface area contributed by atoms with Crippen molar-refractivity contribution in [1.29, 1.82) is 0 Å². The SMILES string of the molecule is COCCC1(c2ccccc2)CCNCC1. The third-order valence-electron chi connectivity index (χ3n) is 3.73. The lowest BCUT2D eigenvalue weighted by atomic mass is 9.71. The van der Waals surface area contributed by atoms with Gasteiger partial charge in [0, 0.05) is 13.7 Å². The molecule has 0 unspecified atom stereocenters.